The molecule has 90 valence electrons. The van der Waals surface area contributed by atoms with Crippen molar-refractivity contribution in [2.24, 2.45) is 0 Å². The topological polar surface area (TPSA) is 35.8 Å². The summed E-state index contributed by atoms with van der Waals surface area (Å²) in [7, 11) is 0. The molecule has 2 nitrogen and oxygen atoms in total. The Kier molecular flexibility index (Phi) is 4.01. The van der Waals surface area contributed by atoms with Crippen LogP contribution in [0.15, 0.2) is 28.7 Å². The number of nitriles is 1. The quantitative estimate of drug-likeness (QED) is 0.911. The minimum absolute atomic E-state index is 0.101. The lowest BCUT2D eigenvalue weighted by molar-refractivity contribution is 0.350. The maximum atomic E-state index is 9.37. The molecule has 1 atom stereocenters. The lowest BCUT2D eigenvalue weighted by Gasteiger charge is -2.44. The number of nitrogens with one attached hydrogen (secondary N) is 1. The SMILES string of the molecule is CSC1(C(C#N)Nc2ccccc2Br)CCC1. The molecule has 0 saturated heterocycles. The van der Waals surface area contributed by atoms with Crippen molar-refractivity contribution in [3.05, 3.63) is 28.7 Å². The molecule has 1 saturated carbocycles. The van der Waals surface area contributed by atoms with Crippen molar-refractivity contribution in [1.29, 1.82) is 5.26 Å². The highest BCUT2D eigenvalue weighted by molar-refractivity contribution is 9.10. The van der Waals surface area contributed by atoms with E-state index >= 15 is 0 Å². The van der Waals surface area contributed by atoms with E-state index in [4.69, 9.17) is 0 Å². The first kappa shape index (κ1) is 12.8. The van der Waals surface area contributed by atoms with Crippen molar-refractivity contribution in [2.75, 3.05) is 11.6 Å². The zero-order chi connectivity index (χ0) is 12.3. The Hall–Kier alpha value is -0.660. The second-order valence-corrected chi connectivity index (χ2v) is 6.38. The van der Waals surface area contributed by atoms with Gasteiger partial charge >= 0.3 is 0 Å². The van der Waals surface area contributed by atoms with Gasteiger partial charge in [0.05, 0.1) is 6.07 Å². The smallest absolute Gasteiger partial charge is 0.129 e. The summed E-state index contributed by atoms with van der Waals surface area (Å²) in [5.41, 5.74) is 0.999. The summed E-state index contributed by atoms with van der Waals surface area (Å²) in [6, 6.07) is 10.2. The number of thioether (sulfide) groups is 1. The largest absolute Gasteiger partial charge is 0.368 e. The maximum Gasteiger partial charge on any atom is 0.129 e. The molecule has 1 N–H and O–H groups in total. The number of hydrogen-bond acceptors (Lipinski definition) is 3. The molecule has 0 heterocycles. The second kappa shape index (κ2) is 5.32. The van der Waals surface area contributed by atoms with Gasteiger partial charge in [0.15, 0.2) is 0 Å². The van der Waals surface area contributed by atoms with Crippen LogP contribution in [0.2, 0.25) is 0 Å². The number of rotatable bonds is 4. The number of hydrogen-bond donors (Lipinski definition) is 1. The van der Waals surface area contributed by atoms with Crippen molar-refractivity contribution in [2.45, 2.75) is 30.1 Å². The monoisotopic (exact) mass is 310 g/mol. The van der Waals surface area contributed by atoms with Gasteiger partial charge in [-0.3, -0.25) is 0 Å². The zero-order valence-electron chi connectivity index (χ0n) is 9.74. The van der Waals surface area contributed by atoms with Gasteiger partial charge in [-0.05, 0) is 47.2 Å². The van der Waals surface area contributed by atoms with Gasteiger partial charge in [0, 0.05) is 14.9 Å². The Labute approximate surface area is 115 Å². The molecule has 2 rings (SSSR count). The van der Waals surface area contributed by atoms with E-state index in [9.17, 15) is 5.26 Å². The zero-order valence-corrected chi connectivity index (χ0v) is 12.1. The van der Waals surface area contributed by atoms with Crippen molar-refractivity contribution in [3.8, 4) is 6.07 Å². The highest BCUT2D eigenvalue weighted by Gasteiger charge is 2.44. The van der Waals surface area contributed by atoms with Gasteiger partial charge in [-0.1, -0.05) is 18.6 Å². The Morgan fingerprint density at radius 1 is 1.47 bits per heavy atom. The van der Waals surface area contributed by atoms with Gasteiger partial charge < -0.3 is 5.32 Å². The highest BCUT2D eigenvalue weighted by Crippen LogP contribution is 2.46. The van der Waals surface area contributed by atoms with E-state index in [1.165, 1.54) is 6.42 Å². The van der Waals surface area contributed by atoms with Crippen LogP contribution in [0.3, 0.4) is 0 Å². The number of benzene rings is 1. The van der Waals surface area contributed by atoms with Crippen molar-refractivity contribution >= 4 is 33.4 Å². The minimum Gasteiger partial charge on any atom is -0.368 e. The summed E-state index contributed by atoms with van der Waals surface area (Å²) in [4.78, 5) is 0. The minimum atomic E-state index is -0.120. The third-order valence-corrected chi connectivity index (χ3v) is 5.58. The van der Waals surface area contributed by atoms with E-state index in [1.807, 2.05) is 36.0 Å². The summed E-state index contributed by atoms with van der Waals surface area (Å²) in [6.45, 7) is 0. The van der Waals surface area contributed by atoms with Crippen molar-refractivity contribution < 1.29 is 0 Å². The molecular formula is C13H15BrN2S. The summed E-state index contributed by atoms with van der Waals surface area (Å²) < 4.78 is 1.11. The lowest BCUT2D eigenvalue weighted by Crippen LogP contribution is -2.48. The molecule has 0 aromatic heterocycles. The van der Waals surface area contributed by atoms with E-state index in [1.54, 1.807) is 0 Å². The summed E-state index contributed by atoms with van der Waals surface area (Å²) >= 11 is 5.32. The van der Waals surface area contributed by atoms with Crippen LogP contribution < -0.4 is 5.32 Å². The van der Waals surface area contributed by atoms with Crippen LogP contribution in [0, 0.1) is 11.3 Å². The fraction of sp³-hybridized carbons (Fsp3) is 0.462. The summed E-state index contributed by atoms with van der Waals surface area (Å²) in [5, 5.41) is 12.7. The van der Waals surface area contributed by atoms with Gasteiger partial charge in [-0.15, -0.1) is 0 Å². The molecule has 1 aromatic carbocycles. The first-order valence-corrected chi connectivity index (χ1v) is 7.69. The number of para-hydroxylation sites is 1. The van der Waals surface area contributed by atoms with Gasteiger partial charge in [0.2, 0.25) is 0 Å². The maximum absolute atomic E-state index is 9.37. The Morgan fingerprint density at radius 3 is 2.65 bits per heavy atom. The van der Waals surface area contributed by atoms with Crippen LogP contribution in [0.4, 0.5) is 5.69 Å². The predicted molar refractivity (Wildman–Crippen MR) is 77.3 cm³/mol. The molecule has 0 bridgehead atoms. The molecule has 1 aliphatic carbocycles. The van der Waals surface area contributed by atoms with Gasteiger partial charge in [0.25, 0.3) is 0 Å². The molecule has 1 aliphatic rings. The Bertz CT molecular complexity index is 432. The second-order valence-electron chi connectivity index (χ2n) is 4.31. The Morgan fingerprint density at radius 2 is 2.18 bits per heavy atom. The molecule has 1 aromatic rings. The molecular weight excluding hydrogens is 296 g/mol. The van der Waals surface area contributed by atoms with Gasteiger partial charge in [-0.2, -0.15) is 17.0 Å². The molecule has 17 heavy (non-hydrogen) atoms. The third kappa shape index (κ3) is 2.46. The standard InChI is InChI=1S/C13H15BrN2S/c1-17-13(7-4-8-13)12(9-15)16-11-6-3-2-5-10(11)14/h2-3,5-6,12,16H,4,7-8H2,1H3. The number of nitrogens with zero attached hydrogens (tertiary/aromatic N) is 1. The normalized spacial score (nSPS) is 18.9. The molecule has 1 fully saturated rings. The van der Waals surface area contributed by atoms with E-state index < -0.39 is 0 Å². The van der Waals surface area contributed by atoms with E-state index in [2.05, 4.69) is 33.6 Å². The molecule has 0 aliphatic heterocycles. The van der Waals surface area contributed by atoms with Crippen LogP contribution >= 0.6 is 27.7 Å². The fourth-order valence-corrected chi connectivity index (χ4v) is 3.59. The summed E-state index contributed by atoms with van der Waals surface area (Å²) in [5.74, 6) is 0. The van der Waals surface area contributed by atoms with Gasteiger partial charge in [0.1, 0.15) is 6.04 Å². The predicted octanol–water partition coefficient (Wildman–Crippen LogP) is 4.04. The fourth-order valence-electron chi connectivity index (χ4n) is 2.15. The van der Waals surface area contributed by atoms with Crippen LogP contribution in [0.25, 0.3) is 0 Å². The number of halogens is 1. The van der Waals surface area contributed by atoms with Crippen LogP contribution in [-0.2, 0) is 0 Å². The van der Waals surface area contributed by atoms with Crippen LogP contribution in [0.1, 0.15) is 19.3 Å². The van der Waals surface area contributed by atoms with E-state index in [0.29, 0.717) is 0 Å². The van der Waals surface area contributed by atoms with E-state index in [0.717, 1.165) is 23.0 Å². The first-order valence-electron chi connectivity index (χ1n) is 5.68. The lowest BCUT2D eigenvalue weighted by atomic mass is 9.79. The molecule has 0 spiro atoms. The summed E-state index contributed by atoms with van der Waals surface area (Å²) in [6.07, 6.45) is 5.59. The Balaban J connectivity index is 2.16. The van der Waals surface area contributed by atoms with Crippen LogP contribution in [0.5, 0.6) is 0 Å². The molecule has 0 amide bonds. The van der Waals surface area contributed by atoms with Gasteiger partial charge in [-0.25, -0.2) is 0 Å². The average molecular weight is 311 g/mol. The first-order chi connectivity index (χ1) is 8.22. The average Bonchev–Trinajstić information content (AvgIpc) is 2.29. The molecule has 1 unspecified atom stereocenters. The molecule has 0 radical (unpaired) electrons. The van der Waals surface area contributed by atoms with E-state index in [-0.39, 0.29) is 10.8 Å². The van der Waals surface area contributed by atoms with Crippen molar-refractivity contribution in [1.82, 2.24) is 0 Å². The van der Waals surface area contributed by atoms with Crippen LogP contribution in [-0.4, -0.2) is 17.0 Å². The number of anilines is 1. The highest BCUT2D eigenvalue weighted by atomic mass is 79.9. The third-order valence-electron chi connectivity index (χ3n) is 3.44. The molecule has 4 heteroatoms. The van der Waals surface area contributed by atoms with Crippen molar-refractivity contribution in [3.63, 3.8) is 0 Å².